The number of amides is 1. The molecule has 0 radical (unpaired) electrons. The lowest BCUT2D eigenvalue weighted by Gasteiger charge is -2.19. The van der Waals surface area contributed by atoms with E-state index in [1.165, 1.54) is 18.3 Å². The van der Waals surface area contributed by atoms with E-state index in [4.69, 9.17) is 0 Å². The maximum absolute atomic E-state index is 12.8. The van der Waals surface area contributed by atoms with Gasteiger partial charge in [0.05, 0.1) is 5.56 Å². The van der Waals surface area contributed by atoms with Crippen LogP contribution in [0.25, 0.3) is 0 Å². The van der Waals surface area contributed by atoms with Crippen molar-refractivity contribution in [2.45, 2.75) is 6.18 Å². The van der Waals surface area contributed by atoms with Gasteiger partial charge in [-0.3, -0.25) is 9.78 Å². The summed E-state index contributed by atoms with van der Waals surface area (Å²) in [6, 6.07) is 17.3. The topological polar surface area (TPSA) is 45.2 Å². The van der Waals surface area contributed by atoms with Crippen LogP contribution in [0.3, 0.4) is 0 Å². The predicted octanol–water partition coefficient (Wildman–Crippen LogP) is 5.12. The van der Waals surface area contributed by atoms with Crippen molar-refractivity contribution in [1.82, 2.24) is 4.98 Å². The second-order valence-electron chi connectivity index (χ2n) is 5.83. The summed E-state index contributed by atoms with van der Waals surface area (Å²) in [5.74, 6) is -0.586. The maximum atomic E-state index is 12.8. The van der Waals surface area contributed by atoms with Gasteiger partial charge >= 0.3 is 6.18 Å². The van der Waals surface area contributed by atoms with E-state index in [9.17, 15) is 18.0 Å². The van der Waals surface area contributed by atoms with Crippen LogP contribution in [-0.4, -0.2) is 17.9 Å². The smallest absolute Gasteiger partial charge is 0.345 e. The quantitative estimate of drug-likeness (QED) is 0.692. The fourth-order valence-corrected chi connectivity index (χ4v) is 2.52. The van der Waals surface area contributed by atoms with E-state index < -0.39 is 17.6 Å². The van der Waals surface area contributed by atoms with Gasteiger partial charge in [0.2, 0.25) is 0 Å². The van der Waals surface area contributed by atoms with Gasteiger partial charge in [-0.2, -0.15) is 13.2 Å². The van der Waals surface area contributed by atoms with Gasteiger partial charge in [-0.05, 0) is 42.5 Å². The molecule has 1 heterocycles. The van der Waals surface area contributed by atoms with Crippen LogP contribution in [-0.2, 0) is 6.18 Å². The average Bonchev–Trinajstić information content (AvgIpc) is 2.68. The van der Waals surface area contributed by atoms with Crippen molar-refractivity contribution in [1.29, 1.82) is 0 Å². The molecule has 0 fully saturated rings. The fraction of sp³-hybridized carbons (Fsp3) is 0.100. The van der Waals surface area contributed by atoms with Gasteiger partial charge in [-0.25, -0.2) is 0 Å². The number of para-hydroxylation sites is 1. The summed E-state index contributed by atoms with van der Waals surface area (Å²) in [5.41, 5.74) is 0.982. The SMILES string of the molecule is CN(c1ccccc1)c1ccnc(C(=O)Nc2cccc(C(F)(F)F)c2)c1. The highest BCUT2D eigenvalue weighted by molar-refractivity contribution is 6.03. The van der Waals surface area contributed by atoms with Crippen LogP contribution in [0.5, 0.6) is 0 Å². The number of anilines is 3. The molecular weight excluding hydrogens is 355 g/mol. The Hall–Kier alpha value is -3.35. The average molecular weight is 371 g/mol. The minimum absolute atomic E-state index is 0.0541. The van der Waals surface area contributed by atoms with E-state index in [0.717, 1.165) is 23.5 Å². The molecule has 0 unspecified atom stereocenters. The Morgan fingerprint density at radius 3 is 2.41 bits per heavy atom. The van der Waals surface area contributed by atoms with E-state index in [-0.39, 0.29) is 11.4 Å². The molecule has 27 heavy (non-hydrogen) atoms. The number of nitrogens with one attached hydrogen (secondary N) is 1. The highest BCUT2D eigenvalue weighted by atomic mass is 19.4. The molecule has 0 saturated carbocycles. The lowest BCUT2D eigenvalue weighted by Crippen LogP contribution is -2.16. The molecule has 3 aromatic rings. The molecule has 4 nitrogen and oxygen atoms in total. The Labute approximate surface area is 154 Å². The zero-order valence-corrected chi connectivity index (χ0v) is 14.4. The minimum Gasteiger partial charge on any atom is -0.345 e. The van der Waals surface area contributed by atoms with Crippen molar-refractivity contribution >= 4 is 23.0 Å². The Morgan fingerprint density at radius 1 is 0.963 bits per heavy atom. The van der Waals surface area contributed by atoms with Gasteiger partial charge in [0.1, 0.15) is 5.69 Å². The number of carbonyl (C=O) groups is 1. The van der Waals surface area contributed by atoms with Gasteiger partial charge in [-0.1, -0.05) is 24.3 Å². The summed E-state index contributed by atoms with van der Waals surface area (Å²) in [5, 5.41) is 2.46. The lowest BCUT2D eigenvalue weighted by atomic mass is 10.2. The van der Waals surface area contributed by atoms with Gasteiger partial charge < -0.3 is 10.2 Å². The summed E-state index contributed by atoms with van der Waals surface area (Å²) in [4.78, 5) is 18.3. The maximum Gasteiger partial charge on any atom is 0.416 e. The summed E-state index contributed by atoms with van der Waals surface area (Å²) >= 11 is 0. The third-order valence-corrected chi connectivity index (χ3v) is 3.95. The number of hydrogen-bond donors (Lipinski definition) is 1. The number of benzene rings is 2. The highest BCUT2D eigenvalue weighted by Gasteiger charge is 2.30. The largest absolute Gasteiger partial charge is 0.416 e. The minimum atomic E-state index is -4.47. The Bertz CT molecular complexity index is 942. The number of carbonyl (C=O) groups excluding carboxylic acids is 1. The van der Waals surface area contributed by atoms with Gasteiger partial charge in [-0.15, -0.1) is 0 Å². The van der Waals surface area contributed by atoms with Crippen LogP contribution in [0.15, 0.2) is 72.9 Å². The molecule has 0 aliphatic carbocycles. The van der Waals surface area contributed by atoms with Gasteiger partial charge in [0.15, 0.2) is 0 Å². The van der Waals surface area contributed by atoms with Crippen molar-refractivity contribution in [2.75, 3.05) is 17.3 Å². The van der Waals surface area contributed by atoms with E-state index >= 15 is 0 Å². The lowest BCUT2D eigenvalue weighted by molar-refractivity contribution is -0.137. The predicted molar refractivity (Wildman–Crippen MR) is 98.1 cm³/mol. The number of alkyl halides is 3. The summed E-state index contributed by atoms with van der Waals surface area (Å²) in [6.45, 7) is 0. The third kappa shape index (κ3) is 4.44. The molecule has 138 valence electrons. The molecule has 7 heteroatoms. The number of hydrogen-bond acceptors (Lipinski definition) is 3. The molecule has 0 aliphatic rings. The van der Waals surface area contributed by atoms with E-state index in [1.807, 2.05) is 42.3 Å². The third-order valence-electron chi connectivity index (χ3n) is 3.95. The van der Waals surface area contributed by atoms with Crippen molar-refractivity contribution in [3.63, 3.8) is 0 Å². The van der Waals surface area contributed by atoms with Crippen LogP contribution in [0.1, 0.15) is 16.1 Å². The molecule has 0 atom stereocenters. The van der Waals surface area contributed by atoms with Crippen molar-refractivity contribution in [3.05, 3.63) is 84.2 Å². The molecule has 1 N–H and O–H groups in total. The monoisotopic (exact) mass is 371 g/mol. The molecule has 2 aromatic carbocycles. The Balaban J connectivity index is 1.80. The molecule has 0 bridgehead atoms. The van der Waals surface area contributed by atoms with Gasteiger partial charge in [0.25, 0.3) is 5.91 Å². The zero-order valence-electron chi connectivity index (χ0n) is 14.4. The first-order valence-electron chi connectivity index (χ1n) is 8.08. The van der Waals surface area contributed by atoms with Crippen molar-refractivity contribution < 1.29 is 18.0 Å². The molecule has 1 aromatic heterocycles. The standard InChI is InChI=1S/C20H16F3N3O/c1-26(16-8-3-2-4-9-16)17-10-11-24-18(13-17)19(27)25-15-7-5-6-14(12-15)20(21,22)23/h2-13H,1H3,(H,25,27). The number of pyridine rings is 1. The normalized spacial score (nSPS) is 11.1. The second-order valence-corrected chi connectivity index (χ2v) is 5.83. The first kappa shape index (κ1) is 18.4. The number of nitrogens with zero attached hydrogens (tertiary/aromatic N) is 2. The first-order valence-corrected chi connectivity index (χ1v) is 8.08. The van der Waals surface area contributed by atoms with Crippen LogP contribution < -0.4 is 10.2 Å². The van der Waals surface area contributed by atoms with Crippen molar-refractivity contribution in [3.8, 4) is 0 Å². The Morgan fingerprint density at radius 2 is 1.70 bits per heavy atom. The van der Waals surface area contributed by atoms with E-state index in [2.05, 4.69) is 10.3 Å². The number of rotatable bonds is 4. The molecule has 0 aliphatic heterocycles. The van der Waals surface area contributed by atoms with Gasteiger partial charge in [0, 0.05) is 30.3 Å². The van der Waals surface area contributed by atoms with Crippen LogP contribution in [0.4, 0.5) is 30.2 Å². The molecule has 3 rings (SSSR count). The van der Waals surface area contributed by atoms with E-state index in [0.29, 0.717) is 0 Å². The van der Waals surface area contributed by atoms with E-state index in [1.54, 1.807) is 12.1 Å². The first-order chi connectivity index (χ1) is 12.8. The van der Waals surface area contributed by atoms with Crippen LogP contribution in [0, 0.1) is 0 Å². The van der Waals surface area contributed by atoms with Crippen LogP contribution >= 0.6 is 0 Å². The summed E-state index contributed by atoms with van der Waals surface area (Å²) in [6.07, 6.45) is -2.99. The number of aromatic nitrogens is 1. The highest BCUT2D eigenvalue weighted by Crippen LogP contribution is 2.31. The zero-order chi connectivity index (χ0) is 19.4. The van der Waals surface area contributed by atoms with Crippen molar-refractivity contribution in [2.24, 2.45) is 0 Å². The van der Waals surface area contributed by atoms with Crippen LogP contribution in [0.2, 0.25) is 0 Å². The summed E-state index contributed by atoms with van der Waals surface area (Å²) < 4.78 is 38.4. The molecule has 1 amide bonds. The fourth-order valence-electron chi connectivity index (χ4n) is 2.52. The Kier molecular flexibility index (Phi) is 5.12. The summed E-state index contributed by atoms with van der Waals surface area (Å²) in [7, 11) is 1.85. The molecular formula is C20H16F3N3O. The number of halogens is 3. The second kappa shape index (κ2) is 7.49. The molecule has 0 saturated heterocycles. The molecule has 0 spiro atoms.